The van der Waals surface area contributed by atoms with E-state index in [2.05, 4.69) is 15.2 Å². The number of para-hydroxylation sites is 2. The summed E-state index contributed by atoms with van der Waals surface area (Å²) in [6.07, 6.45) is 14.2. The van der Waals surface area contributed by atoms with Gasteiger partial charge in [0.15, 0.2) is 5.82 Å². The summed E-state index contributed by atoms with van der Waals surface area (Å²) in [6, 6.07) is 8.82. The molecule has 5 rings (SSSR count). The van der Waals surface area contributed by atoms with Crippen molar-refractivity contribution in [3.63, 3.8) is 0 Å². The van der Waals surface area contributed by atoms with E-state index in [0.29, 0.717) is 24.5 Å². The van der Waals surface area contributed by atoms with Crippen molar-refractivity contribution in [2.45, 2.75) is 114 Å². The lowest BCUT2D eigenvalue weighted by Gasteiger charge is -2.45. The number of carboxylic acid groups (broad SMARTS) is 1. The lowest BCUT2D eigenvalue weighted by molar-refractivity contribution is -0.137. The molecule has 0 spiro atoms. The summed E-state index contributed by atoms with van der Waals surface area (Å²) in [7, 11) is 0. The maximum Gasteiger partial charge on any atom is 0.326 e. The van der Waals surface area contributed by atoms with Crippen LogP contribution in [0.15, 0.2) is 29.1 Å². The summed E-state index contributed by atoms with van der Waals surface area (Å²) in [5.74, 6) is -0.809. The fraction of sp³-hybridized carbons (Fsp3) is 0.667. The van der Waals surface area contributed by atoms with E-state index in [9.17, 15) is 14.7 Å². The molecule has 0 amide bonds. The summed E-state index contributed by atoms with van der Waals surface area (Å²) in [5.41, 5.74) is 1.40. The molecule has 1 aromatic heterocycles. The number of fused-ring (bicyclic) bond motifs is 3. The third-order valence-electron chi connectivity index (χ3n) is 8.44. The van der Waals surface area contributed by atoms with Crippen molar-refractivity contribution < 1.29 is 9.90 Å². The van der Waals surface area contributed by atoms with E-state index < -0.39 is 12.0 Å². The van der Waals surface area contributed by atoms with Crippen LogP contribution in [0, 0.1) is 0 Å². The second-order valence-corrected chi connectivity index (χ2v) is 10.5. The van der Waals surface area contributed by atoms with Gasteiger partial charge in [0.05, 0.1) is 11.0 Å². The highest BCUT2D eigenvalue weighted by Gasteiger charge is 2.44. The van der Waals surface area contributed by atoms with Crippen LogP contribution < -0.4 is 10.9 Å². The smallest absolute Gasteiger partial charge is 0.326 e. The molecular formula is C27H38N4O3. The number of benzene rings is 1. The highest BCUT2D eigenvalue weighted by Crippen LogP contribution is 2.44. The van der Waals surface area contributed by atoms with Gasteiger partial charge < -0.3 is 15.0 Å². The van der Waals surface area contributed by atoms with Crippen LogP contribution in [-0.2, 0) is 4.79 Å². The van der Waals surface area contributed by atoms with E-state index in [1.54, 1.807) is 6.92 Å². The molecule has 1 aromatic carbocycles. The third kappa shape index (κ3) is 4.47. The zero-order valence-corrected chi connectivity index (χ0v) is 20.3. The van der Waals surface area contributed by atoms with Gasteiger partial charge in [0.1, 0.15) is 6.04 Å². The molecule has 3 aliphatic rings. The quantitative estimate of drug-likeness (QED) is 0.626. The molecule has 184 valence electrons. The topological polar surface area (TPSA) is 87.5 Å². The average Bonchev–Trinajstić information content (AvgIpc) is 3.06. The first-order valence-electron chi connectivity index (χ1n) is 13.3. The van der Waals surface area contributed by atoms with Crippen LogP contribution in [0.5, 0.6) is 0 Å². The third-order valence-corrected chi connectivity index (χ3v) is 8.44. The first-order chi connectivity index (χ1) is 16.6. The number of aromatic nitrogens is 2. The highest BCUT2D eigenvalue weighted by atomic mass is 16.4. The Morgan fingerprint density at radius 1 is 1.00 bits per heavy atom. The second kappa shape index (κ2) is 10.1. The molecule has 2 bridgehead atoms. The van der Waals surface area contributed by atoms with Crippen molar-refractivity contribution in [3.05, 3.63) is 34.6 Å². The Kier molecular flexibility index (Phi) is 6.91. The fourth-order valence-corrected chi connectivity index (χ4v) is 6.84. The van der Waals surface area contributed by atoms with Crippen LogP contribution in [0.4, 0.5) is 5.82 Å². The van der Waals surface area contributed by atoms with Crippen LogP contribution >= 0.6 is 0 Å². The summed E-state index contributed by atoms with van der Waals surface area (Å²) >= 11 is 0. The van der Waals surface area contributed by atoms with E-state index in [0.717, 1.165) is 23.9 Å². The Morgan fingerprint density at radius 2 is 1.65 bits per heavy atom. The molecule has 2 aliphatic heterocycles. The zero-order valence-electron chi connectivity index (χ0n) is 20.3. The lowest BCUT2D eigenvalue weighted by atomic mass is 9.89. The normalized spacial score (nSPS) is 27.3. The van der Waals surface area contributed by atoms with Gasteiger partial charge in [-0.1, -0.05) is 51.2 Å². The van der Waals surface area contributed by atoms with Gasteiger partial charge in [0.2, 0.25) is 0 Å². The molecule has 2 N–H and O–H groups in total. The molecule has 7 nitrogen and oxygen atoms in total. The average molecular weight is 467 g/mol. The number of aliphatic carboxylic acids is 1. The van der Waals surface area contributed by atoms with E-state index in [1.807, 2.05) is 28.8 Å². The van der Waals surface area contributed by atoms with Crippen molar-refractivity contribution in [1.82, 2.24) is 14.5 Å². The number of carbonyl (C=O) groups is 1. The molecule has 0 radical (unpaired) electrons. The molecule has 2 aromatic rings. The number of nitrogens with zero attached hydrogens (tertiary/aromatic N) is 3. The van der Waals surface area contributed by atoms with Crippen LogP contribution in [0.25, 0.3) is 11.0 Å². The zero-order chi connectivity index (χ0) is 23.7. The fourth-order valence-electron chi connectivity index (χ4n) is 6.84. The predicted molar refractivity (Wildman–Crippen MR) is 134 cm³/mol. The number of anilines is 1. The number of hydrogen-bond acceptors (Lipinski definition) is 5. The maximum atomic E-state index is 13.7. The van der Waals surface area contributed by atoms with Crippen molar-refractivity contribution in [3.8, 4) is 0 Å². The van der Waals surface area contributed by atoms with Crippen molar-refractivity contribution in [1.29, 1.82) is 0 Å². The van der Waals surface area contributed by atoms with Crippen molar-refractivity contribution >= 4 is 22.8 Å². The van der Waals surface area contributed by atoms with Crippen LogP contribution in [0.3, 0.4) is 0 Å². The Hall–Kier alpha value is -2.41. The summed E-state index contributed by atoms with van der Waals surface area (Å²) in [4.78, 5) is 32.7. The molecule has 2 saturated heterocycles. The Bertz CT molecular complexity index is 1060. The molecule has 3 heterocycles. The first kappa shape index (κ1) is 23.3. The minimum absolute atomic E-state index is 0.119. The van der Waals surface area contributed by atoms with Crippen LogP contribution in [0.1, 0.15) is 90.0 Å². The first-order valence-corrected chi connectivity index (χ1v) is 13.3. The van der Waals surface area contributed by atoms with Gasteiger partial charge in [-0.2, -0.15) is 0 Å². The number of nitrogens with one attached hydrogen (secondary N) is 1. The summed E-state index contributed by atoms with van der Waals surface area (Å²) < 4.78 is 1.93. The van der Waals surface area contributed by atoms with E-state index in [4.69, 9.17) is 0 Å². The van der Waals surface area contributed by atoms with Gasteiger partial charge in [0.25, 0.3) is 5.56 Å². The molecular weight excluding hydrogens is 428 g/mol. The number of piperidine rings is 1. The standard InChI is InChI=1S/C27H38N4O3/c1-2-22(27(33)34)28-25-26(32)31(24-13-9-8-12-23(24)29-25)21-16-19-14-15-20(17-21)30(19)18-10-6-4-3-5-7-11-18/h8-9,12-13,18-22H,2-7,10-11,14-17H2,1H3,(H,28,29)(H,33,34)/t19-,20+,21+,22-/m1/s1. The molecule has 1 aliphatic carbocycles. The van der Waals surface area contributed by atoms with Crippen molar-refractivity contribution in [2.24, 2.45) is 0 Å². The number of carboxylic acids is 1. The maximum absolute atomic E-state index is 13.7. The molecule has 0 unspecified atom stereocenters. The molecule has 7 heteroatoms. The Labute approximate surface area is 201 Å². The van der Waals surface area contributed by atoms with Crippen LogP contribution in [0.2, 0.25) is 0 Å². The molecule has 3 fully saturated rings. The van der Waals surface area contributed by atoms with E-state index in [-0.39, 0.29) is 17.4 Å². The van der Waals surface area contributed by atoms with Gasteiger partial charge in [-0.15, -0.1) is 0 Å². The molecule has 4 atom stereocenters. The minimum atomic E-state index is -0.964. The largest absolute Gasteiger partial charge is 0.480 e. The van der Waals surface area contributed by atoms with Gasteiger partial charge in [-0.05, 0) is 57.1 Å². The summed E-state index contributed by atoms with van der Waals surface area (Å²) in [6.45, 7) is 1.80. The molecule has 1 saturated carbocycles. The summed E-state index contributed by atoms with van der Waals surface area (Å²) in [5, 5.41) is 12.4. The van der Waals surface area contributed by atoms with Gasteiger partial charge in [0, 0.05) is 24.2 Å². The lowest BCUT2D eigenvalue weighted by Crippen LogP contribution is -2.50. The van der Waals surface area contributed by atoms with Gasteiger partial charge in [-0.3, -0.25) is 9.69 Å². The van der Waals surface area contributed by atoms with Crippen molar-refractivity contribution in [2.75, 3.05) is 5.32 Å². The Morgan fingerprint density at radius 3 is 2.29 bits per heavy atom. The van der Waals surface area contributed by atoms with E-state index >= 15 is 0 Å². The number of rotatable bonds is 6. The second-order valence-electron chi connectivity index (χ2n) is 10.5. The number of hydrogen-bond donors (Lipinski definition) is 2. The highest BCUT2D eigenvalue weighted by molar-refractivity contribution is 5.79. The monoisotopic (exact) mass is 466 g/mol. The van der Waals surface area contributed by atoms with Crippen LogP contribution in [-0.4, -0.2) is 49.7 Å². The molecule has 34 heavy (non-hydrogen) atoms. The minimum Gasteiger partial charge on any atom is -0.480 e. The Balaban J connectivity index is 1.46. The van der Waals surface area contributed by atoms with Gasteiger partial charge >= 0.3 is 5.97 Å². The SMILES string of the molecule is CC[C@@H](Nc1nc2ccccc2n([C@H]2C[C@H]3CC[C@@H](C2)N3C2CCCCCCC2)c1=O)C(=O)O. The predicted octanol–water partition coefficient (Wildman–Crippen LogP) is 4.95. The van der Waals surface area contributed by atoms with Gasteiger partial charge in [-0.25, -0.2) is 9.78 Å². The van der Waals surface area contributed by atoms with E-state index in [1.165, 1.54) is 57.8 Å².